The summed E-state index contributed by atoms with van der Waals surface area (Å²) in [6.45, 7) is 3.90. The molecule has 0 saturated carbocycles. The molecule has 25 heavy (non-hydrogen) atoms. The highest BCUT2D eigenvalue weighted by molar-refractivity contribution is 6.03. The monoisotopic (exact) mass is 340 g/mol. The standard InChI is InChI=1S/C20H24N2O3/c1-14-3-7-16(8-4-14)18(11-12-23)22-20(25)13-19(24)21-17-9-5-15(2)6-10-17/h3-10,18,23H,11-13H2,1-2H3,(H,21,24)(H,22,25)/t18-/m0/s1. The SMILES string of the molecule is Cc1ccc(NC(=O)CC(=O)N[C@@H](CCO)c2ccc(C)cc2)cc1. The molecule has 0 spiro atoms. The molecule has 5 heteroatoms. The number of hydrogen-bond acceptors (Lipinski definition) is 3. The molecule has 0 aliphatic heterocycles. The van der Waals surface area contributed by atoms with Crippen molar-refractivity contribution in [1.82, 2.24) is 5.32 Å². The second-order valence-corrected chi connectivity index (χ2v) is 6.13. The summed E-state index contributed by atoms with van der Waals surface area (Å²) in [4.78, 5) is 24.2. The van der Waals surface area contributed by atoms with Crippen molar-refractivity contribution in [2.24, 2.45) is 0 Å². The number of benzene rings is 2. The number of amides is 2. The van der Waals surface area contributed by atoms with E-state index in [1.165, 1.54) is 0 Å². The zero-order chi connectivity index (χ0) is 18.2. The van der Waals surface area contributed by atoms with Gasteiger partial charge in [0.05, 0.1) is 6.04 Å². The fourth-order valence-corrected chi connectivity index (χ4v) is 2.48. The third-order valence-electron chi connectivity index (χ3n) is 3.89. The third kappa shape index (κ3) is 6.04. The van der Waals surface area contributed by atoms with Crippen molar-refractivity contribution >= 4 is 17.5 Å². The van der Waals surface area contributed by atoms with Crippen LogP contribution in [0.4, 0.5) is 5.69 Å². The Labute approximate surface area is 148 Å². The smallest absolute Gasteiger partial charge is 0.233 e. The van der Waals surface area contributed by atoms with E-state index in [-0.39, 0.29) is 30.9 Å². The molecule has 2 rings (SSSR count). The Morgan fingerprint density at radius 3 is 2.04 bits per heavy atom. The van der Waals surface area contributed by atoms with E-state index in [1.807, 2.05) is 50.2 Å². The molecule has 0 bridgehead atoms. The van der Waals surface area contributed by atoms with Crippen LogP contribution in [-0.2, 0) is 9.59 Å². The van der Waals surface area contributed by atoms with Crippen molar-refractivity contribution < 1.29 is 14.7 Å². The first kappa shape index (κ1) is 18.7. The zero-order valence-corrected chi connectivity index (χ0v) is 14.6. The lowest BCUT2D eigenvalue weighted by Crippen LogP contribution is -2.32. The van der Waals surface area contributed by atoms with Gasteiger partial charge in [-0.15, -0.1) is 0 Å². The second-order valence-electron chi connectivity index (χ2n) is 6.13. The molecule has 132 valence electrons. The Bertz CT molecular complexity index is 709. The summed E-state index contributed by atoms with van der Waals surface area (Å²) < 4.78 is 0. The maximum absolute atomic E-state index is 12.2. The van der Waals surface area contributed by atoms with Crippen molar-refractivity contribution in [3.8, 4) is 0 Å². The summed E-state index contributed by atoms with van der Waals surface area (Å²) in [6.07, 6.45) is 0.135. The van der Waals surface area contributed by atoms with Gasteiger partial charge in [-0.1, -0.05) is 47.5 Å². The highest BCUT2D eigenvalue weighted by Crippen LogP contribution is 2.17. The Hall–Kier alpha value is -2.66. The lowest BCUT2D eigenvalue weighted by molar-refractivity contribution is -0.127. The summed E-state index contributed by atoms with van der Waals surface area (Å²) in [5.41, 5.74) is 3.79. The van der Waals surface area contributed by atoms with Crippen molar-refractivity contribution in [2.75, 3.05) is 11.9 Å². The van der Waals surface area contributed by atoms with Gasteiger partial charge in [0.2, 0.25) is 11.8 Å². The highest BCUT2D eigenvalue weighted by atomic mass is 16.3. The minimum atomic E-state index is -0.372. The van der Waals surface area contributed by atoms with Crippen LogP contribution >= 0.6 is 0 Å². The fourth-order valence-electron chi connectivity index (χ4n) is 2.48. The molecule has 0 aromatic heterocycles. The van der Waals surface area contributed by atoms with Gasteiger partial charge in [-0.05, 0) is 38.0 Å². The topological polar surface area (TPSA) is 78.4 Å². The second kappa shape index (κ2) is 8.99. The molecule has 5 nitrogen and oxygen atoms in total. The van der Waals surface area contributed by atoms with Crippen LogP contribution in [0.15, 0.2) is 48.5 Å². The quantitative estimate of drug-likeness (QED) is 0.678. The maximum atomic E-state index is 12.2. The minimum Gasteiger partial charge on any atom is -0.396 e. The van der Waals surface area contributed by atoms with E-state index in [2.05, 4.69) is 10.6 Å². The number of aliphatic hydroxyl groups excluding tert-OH is 1. The van der Waals surface area contributed by atoms with E-state index in [1.54, 1.807) is 12.1 Å². The molecule has 3 N–H and O–H groups in total. The number of nitrogens with one attached hydrogen (secondary N) is 2. The molecule has 1 atom stereocenters. The molecule has 2 aromatic rings. The van der Waals surface area contributed by atoms with E-state index < -0.39 is 0 Å². The molecule has 0 fully saturated rings. The van der Waals surface area contributed by atoms with Crippen LogP contribution in [0.5, 0.6) is 0 Å². The average Bonchev–Trinajstić information content (AvgIpc) is 2.57. The van der Waals surface area contributed by atoms with Crippen LogP contribution in [0, 0.1) is 13.8 Å². The van der Waals surface area contributed by atoms with Gasteiger partial charge in [-0.25, -0.2) is 0 Å². The summed E-state index contributed by atoms with van der Waals surface area (Å²) in [6, 6.07) is 14.8. The van der Waals surface area contributed by atoms with Crippen LogP contribution in [-0.4, -0.2) is 23.5 Å². The molecule has 0 saturated heterocycles. The molecule has 0 unspecified atom stereocenters. The predicted molar refractivity (Wildman–Crippen MR) is 98.2 cm³/mol. The molecular formula is C20H24N2O3. The Balaban J connectivity index is 1.92. The van der Waals surface area contributed by atoms with Gasteiger partial charge in [0.15, 0.2) is 0 Å². The van der Waals surface area contributed by atoms with Crippen LogP contribution < -0.4 is 10.6 Å². The average molecular weight is 340 g/mol. The first-order valence-corrected chi connectivity index (χ1v) is 8.31. The number of rotatable bonds is 7. The lowest BCUT2D eigenvalue weighted by atomic mass is 10.0. The zero-order valence-electron chi connectivity index (χ0n) is 14.6. The Morgan fingerprint density at radius 2 is 1.48 bits per heavy atom. The van der Waals surface area contributed by atoms with Gasteiger partial charge in [-0.3, -0.25) is 9.59 Å². The number of carbonyl (C=O) groups excluding carboxylic acids is 2. The van der Waals surface area contributed by atoms with E-state index in [0.717, 1.165) is 16.7 Å². The number of aliphatic hydroxyl groups is 1. The lowest BCUT2D eigenvalue weighted by Gasteiger charge is -2.18. The highest BCUT2D eigenvalue weighted by Gasteiger charge is 2.16. The first-order chi connectivity index (χ1) is 12.0. The van der Waals surface area contributed by atoms with E-state index >= 15 is 0 Å². The number of aryl methyl sites for hydroxylation is 2. The summed E-state index contributed by atoms with van der Waals surface area (Å²) in [5.74, 6) is -0.739. The van der Waals surface area contributed by atoms with Crippen molar-refractivity contribution in [3.05, 3.63) is 65.2 Å². The molecule has 0 radical (unpaired) electrons. The van der Waals surface area contributed by atoms with E-state index in [0.29, 0.717) is 12.1 Å². The van der Waals surface area contributed by atoms with E-state index in [9.17, 15) is 14.7 Å². The van der Waals surface area contributed by atoms with Gasteiger partial charge >= 0.3 is 0 Å². The molecule has 0 aliphatic rings. The molecular weight excluding hydrogens is 316 g/mol. The summed E-state index contributed by atoms with van der Waals surface area (Å²) >= 11 is 0. The third-order valence-corrected chi connectivity index (χ3v) is 3.89. The minimum absolute atomic E-state index is 0.0472. The number of hydrogen-bond donors (Lipinski definition) is 3. The van der Waals surface area contributed by atoms with E-state index in [4.69, 9.17) is 0 Å². The summed E-state index contributed by atoms with van der Waals surface area (Å²) in [5, 5.41) is 14.8. The number of carbonyl (C=O) groups is 2. The van der Waals surface area contributed by atoms with Gasteiger partial charge in [-0.2, -0.15) is 0 Å². The predicted octanol–water partition coefficient (Wildman–Crippen LogP) is 2.87. The van der Waals surface area contributed by atoms with Crippen molar-refractivity contribution in [1.29, 1.82) is 0 Å². The van der Waals surface area contributed by atoms with Crippen LogP contribution in [0.2, 0.25) is 0 Å². The van der Waals surface area contributed by atoms with Crippen molar-refractivity contribution in [3.63, 3.8) is 0 Å². The fraction of sp³-hybridized carbons (Fsp3) is 0.300. The first-order valence-electron chi connectivity index (χ1n) is 8.31. The van der Waals surface area contributed by atoms with Gasteiger partial charge in [0, 0.05) is 12.3 Å². The van der Waals surface area contributed by atoms with Gasteiger partial charge < -0.3 is 15.7 Å². The molecule has 2 amide bonds. The Kier molecular flexibility index (Phi) is 6.71. The van der Waals surface area contributed by atoms with Crippen LogP contribution in [0.3, 0.4) is 0 Å². The largest absolute Gasteiger partial charge is 0.396 e. The summed E-state index contributed by atoms with van der Waals surface area (Å²) in [7, 11) is 0. The van der Waals surface area contributed by atoms with Crippen LogP contribution in [0.1, 0.15) is 35.6 Å². The molecule has 2 aromatic carbocycles. The van der Waals surface area contributed by atoms with Crippen LogP contribution in [0.25, 0.3) is 0 Å². The Morgan fingerprint density at radius 1 is 0.920 bits per heavy atom. The molecule has 0 aliphatic carbocycles. The number of anilines is 1. The normalized spacial score (nSPS) is 11.6. The van der Waals surface area contributed by atoms with Gasteiger partial charge in [0.25, 0.3) is 0 Å². The van der Waals surface area contributed by atoms with Crippen molar-refractivity contribution in [2.45, 2.75) is 32.7 Å². The molecule has 0 heterocycles. The maximum Gasteiger partial charge on any atom is 0.233 e. The van der Waals surface area contributed by atoms with Gasteiger partial charge in [0.1, 0.15) is 6.42 Å².